The summed E-state index contributed by atoms with van der Waals surface area (Å²) in [6.45, 7) is 0. The lowest BCUT2D eigenvalue weighted by atomic mass is 10.0. The number of rotatable bonds is 7. The number of carbonyl (C=O) groups excluding carboxylic acids is 2. The van der Waals surface area contributed by atoms with E-state index in [2.05, 4.69) is 4.74 Å². The minimum atomic E-state index is -0.329. The second kappa shape index (κ2) is 8.13. The molecule has 0 aliphatic heterocycles. The standard InChI is InChI=1S/C19H20O3/c1-22-19(21)17-12-10-15(11-13-17)8-5-9-18(20)14-16-6-3-2-4-7-16/h2-4,6-7,10-13H,5,8-9,14H2,1H3. The average molecular weight is 296 g/mol. The fourth-order valence-electron chi connectivity index (χ4n) is 2.33. The molecule has 0 heterocycles. The number of ether oxygens (including phenoxy) is 1. The van der Waals surface area contributed by atoms with Gasteiger partial charge in [-0.05, 0) is 36.1 Å². The SMILES string of the molecule is COC(=O)c1ccc(CCCC(=O)Cc2ccccc2)cc1. The Hall–Kier alpha value is -2.42. The largest absolute Gasteiger partial charge is 0.465 e. The Morgan fingerprint density at radius 2 is 1.59 bits per heavy atom. The Morgan fingerprint density at radius 3 is 2.23 bits per heavy atom. The number of aryl methyl sites for hydroxylation is 1. The first-order valence-electron chi connectivity index (χ1n) is 7.42. The molecule has 2 aromatic carbocycles. The van der Waals surface area contributed by atoms with E-state index in [-0.39, 0.29) is 11.8 Å². The topological polar surface area (TPSA) is 43.4 Å². The van der Waals surface area contributed by atoms with Gasteiger partial charge in [-0.25, -0.2) is 4.79 Å². The predicted molar refractivity (Wildman–Crippen MR) is 85.9 cm³/mol. The zero-order chi connectivity index (χ0) is 15.8. The first kappa shape index (κ1) is 16.0. The van der Waals surface area contributed by atoms with Crippen molar-refractivity contribution in [3.05, 3.63) is 71.3 Å². The average Bonchev–Trinajstić information content (AvgIpc) is 2.55. The van der Waals surface area contributed by atoms with Crippen LogP contribution >= 0.6 is 0 Å². The van der Waals surface area contributed by atoms with E-state index in [1.807, 2.05) is 42.5 Å². The highest BCUT2D eigenvalue weighted by Gasteiger charge is 2.06. The summed E-state index contributed by atoms with van der Waals surface area (Å²) >= 11 is 0. The van der Waals surface area contributed by atoms with Crippen LogP contribution < -0.4 is 0 Å². The Balaban J connectivity index is 1.76. The molecule has 0 N–H and O–H groups in total. The summed E-state index contributed by atoms with van der Waals surface area (Å²) in [5, 5.41) is 0. The van der Waals surface area contributed by atoms with E-state index in [0.717, 1.165) is 24.0 Å². The van der Waals surface area contributed by atoms with Gasteiger partial charge in [0.1, 0.15) is 5.78 Å². The molecule has 0 radical (unpaired) electrons. The summed E-state index contributed by atoms with van der Waals surface area (Å²) in [6.07, 6.45) is 2.74. The van der Waals surface area contributed by atoms with Gasteiger partial charge in [0.25, 0.3) is 0 Å². The molecule has 0 amide bonds. The van der Waals surface area contributed by atoms with Crippen molar-refractivity contribution in [1.29, 1.82) is 0 Å². The Labute approximate surface area is 130 Å². The number of ketones is 1. The van der Waals surface area contributed by atoms with Crippen molar-refractivity contribution < 1.29 is 14.3 Å². The molecule has 0 aliphatic rings. The summed E-state index contributed by atoms with van der Waals surface area (Å²) < 4.78 is 4.66. The van der Waals surface area contributed by atoms with E-state index < -0.39 is 0 Å². The first-order valence-corrected chi connectivity index (χ1v) is 7.42. The summed E-state index contributed by atoms with van der Waals surface area (Å²) in [5.74, 6) is -0.0676. The fourth-order valence-corrected chi connectivity index (χ4v) is 2.33. The molecule has 0 bridgehead atoms. The third kappa shape index (κ3) is 4.85. The van der Waals surface area contributed by atoms with Crippen molar-refractivity contribution in [2.75, 3.05) is 7.11 Å². The van der Waals surface area contributed by atoms with Gasteiger partial charge in [-0.1, -0.05) is 42.5 Å². The van der Waals surface area contributed by atoms with Crippen LogP contribution in [0.4, 0.5) is 0 Å². The minimum absolute atomic E-state index is 0.261. The number of carbonyl (C=O) groups is 2. The van der Waals surface area contributed by atoms with Gasteiger partial charge in [0.05, 0.1) is 12.7 Å². The maximum Gasteiger partial charge on any atom is 0.337 e. The number of hydrogen-bond acceptors (Lipinski definition) is 3. The third-order valence-electron chi connectivity index (χ3n) is 3.54. The lowest BCUT2D eigenvalue weighted by Crippen LogP contribution is -2.03. The second-order valence-electron chi connectivity index (χ2n) is 5.24. The lowest BCUT2D eigenvalue weighted by molar-refractivity contribution is -0.118. The van der Waals surface area contributed by atoms with Crippen LogP contribution in [0.1, 0.15) is 34.3 Å². The lowest BCUT2D eigenvalue weighted by Gasteiger charge is -2.04. The number of Topliss-reactive ketones (excluding diaryl/α,β-unsaturated/α-hetero) is 1. The van der Waals surface area contributed by atoms with Crippen molar-refractivity contribution in [2.24, 2.45) is 0 Å². The van der Waals surface area contributed by atoms with Gasteiger partial charge in [0.15, 0.2) is 0 Å². The molecule has 22 heavy (non-hydrogen) atoms. The summed E-state index contributed by atoms with van der Waals surface area (Å²) in [4.78, 5) is 23.3. The van der Waals surface area contributed by atoms with Crippen molar-refractivity contribution in [3.8, 4) is 0 Å². The van der Waals surface area contributed by atoms with Crippen LogP contribution in [0, 0.1) is 0 Å². The zero-order valence-corrected chi connectivity index (χ0v) is 12.7. The molecule has 0 aliphatic carbocycles. The molecule has 0 saturated carbocycles. The number of esters is 1. The molecule has 0 aromatic heterocycles. The van der Waals surface area contributed by atoms with Gasteiger partial charge in [0, 0.05) is 12.8 Å². The summed E-state index contributed by atoms with van der Waals surface area (Å²) in [6, 6.07) is 17.1. The highest BCUT2D eigenvalue weighted by Crippen LogP contribution is 2.10. The van der Waals surface area contributed by atoms with E-state index in [4.69, 9.17) is 0 Å². The van der Waals surface area contributed by atoms with E-state index >= 15 is 0 Å². The monoisotopic (exact) mass is 296 g/mol. The maximum absolute atomic E-state index is 11.9. The fraction of sp³-hybridized carbons (Fsp3) is 0.263. The number of benzene rings is 2. The van der Waals surface area contributed by atoms with Crippen LogP contribution in [0.3, 0.4) is 0 Å². The van der Waals surface area contributed by atoms with Crippen molar-refractivity contribution in [1.82, 2.24) is 0 Å². The second-order valence-corrected chi connectivity index (χ2v) is 5.24. The Bertz CT molecular complexity index is 615. The van der Waals surface area contributed by atoms with Crippen LogP contribution in [0.2, 0.25) is 0 Å². The molecule has 0 spiro atoms. The van der Waals surface area contributed by atoms with Gasteiger partial charge < -0.3 is 4.74 Å². The molecular formula is C19H20O3. The van der Waals surface area contributed by atoms with E-state index in [1.54, 1.807) is 12.1 Å². The molecule has 3 heteroatoms. The van der Waals surface area contributed by atoms with Gasteiger partial charge in [0.2, 0.25) is 0 Å². The first-order chi connectivity index (χ1) is 10.7. The minimum Gasteiger partial charge on any atom is -0.465 e. The molecule has 0 saturated heterocycles. The van der Waals surface area contributed by atoms with E-state index in [0.29, 0.717) is 18.4 Å². The van der Waals surface area contributed by atoms with Crippen LogP contribution in [0.5, 0.6) is 0 Å². The molecule has 3 nitrogen and oxygen atoms in total. The van der Waals surface area contributed by atoms with E-state index in [1.165, 1.54) is 7.11 Å². The Kier molecular flexibility index (Phi) is 5.90. The van der Waals surface area contributed by atoms with Gasteiger partial charge in [-0.2, -0.15) is 0 Å². The smallest absolute Gasteiger partial charge is 0.337 e. The summed E-state index contributed by atoms with van der Waals surface area (Å²) in [5.41, 5.74) is 2.74. The van der Waals surface area contributed by atoms with Gasteiger partial charge in [-0.15, -0.1) is 0 Å². The maximum atomic E-state index is 11.9. The van der Waals surface area contributed by atoms with E-state index in [9.17, 15) is 9.59 Å². The van der Waals surface area contributed by atoms with Crippen LogP contribution in [-0.2, 0) is 22.4 Å². The zero-order valence-electron chi connectivity index (χ0n) is 12.7. The number of hydrogen-bond donors (Lipinski definition) is 0. The van der Waals surface area contributed by atoms with Crippen molar-refractivity contribution in [2.45, 2.75) is 25.7 Å². The highest BCUT2D eigenvalue weighted by molar-refractivity contribution is 5.89. The Morgan fingerprint density at radius 1 is 0.909 bits per heavy atom. The molecule has 2 aromatic rings. The highest BCUT2D eigenvalue weighted by atomic mass is 16.5. The van der Waals surface area contributed by atoms with Gasteiger partial charge in [-0.3, -0.25) is 4.79 Å². The van der Waals surface area contributed by atoms with Crippen molar-refractivity contribution in [3.63, 3.8) is 0 Å². The molecule has 0 fully saturated rings. The van der Waals surface area contributed by atoms with Crippen LogP contribution in [0.25, 0.3) is 0 Å². The third-order valence-corrected chi connectivity index (χ3v) is 3.54. The van der Waals surface area contributed by atoms with Gasteiger partial charge >= 0.3 is 5.97 Å². The molecule has 0 unspecified atom stereocenters. The van der Waals surface area contributed by atoms with Crippen LogP contribution in [-0.4, -0.2) is 18.9 Å². The normalized spacial score (nSPS) is 10.2. The predicted octanol–water partition coefficient (Wildman–Crippen LogP) is 3.61. The molecular weight excluding hydrogens is 276 g/mol. The van der Waals surface area contributed by atoms with Crippen molar-refractivity contribution >= 4 is 11.8 Å². The summed E-state index contributed by atoms with van der Waals surface area (Å²) in [7, 11) is 1.37. The van der Waals surface area contributed by atoms with Crippen LogP contribution in [0.15, 0.2) is 54.6 Å². The molecule has 0 atom stereocenters. The molecule has 2 rings (SSSR count). The molecule has 114 valence electrons. The number of methoxy groups -OCH3 is 1. The quantitative estimate of drug-likeness (QED) is 0.733.